The normalized spacial score (nSPS) is 18.0. The largest absolute Gasteiger partial charge is 0.490 e. The maximum absolute atomic E-state index is 12.6. The highest BCUT2D eigenvalue weighted by Crippen LogP contribution is 2.35. The average molecular weight is 456 g/mol. The summed E-state index contributed by atoms with van der Waals surface area (Å²) in [6, 6.07) is 4.49. The Morgan fingerprint density at radius 2 is 2.00 bits per heavy atom. The maximum Gasteiger partial charge on any atom is 0.329 e. The summed E-state index contributed by atoms with van der Waals surface area (Å²) in [4.78, 5) is 37.8. The Bertz CT molecular complexity index is 779. The molecule has 1 aromatic rings. The van der Waals surface area contributed by atoms with Gasteiger partial charge in [0.2, 0.25) is 0 Å². The predicted octanol–water partition coefficient (Wildman–Crippen LogP) is 4.61. The number of nitrogens with zero attached hydrogens (tertiary/aromatic N) is 1. The summed E-state index contributed by atoms with van der Waals surface area (Å²) in [5.41, 5.74) is 0.743. The summed E-state index contributed by atoms with van der Waals surface area (Å²) in [5.74, 6) is -0.387. The van der Waals surface area contributed by atoms with Crippen molar-refractivity contribution in [1.82, 2.24) is 4.90 Å². The molecule has 1 fully saturated rings. The van der Waals surface area contributed by atoms with Crippen molar-refractivity contribution >= 4 is 50.9 Å². The second kappa shape index (κ2) is 9.41. The van der Waals surface area contributed by atoms with Gasteiger partial charge in [0.25, 0.3) is 11.1 Å². The summed E-state index contributed by atoms with van der Waals surface area (Å²) in [6.45, 7) is 7.37. The number of imide groups is 1. The van der Waals surface area contributed by atoms with Crippen LogP contribution in [-0.4, -0.2) is 40.8 Å². The van der Waals surface area contributed by atoms with Gasteiger partial charge >= 0.3 is 5.97 Å². The van der Waals surface area contributed by atoms with Crippen LogP contribution in [0, 0.1) is 0 Å². The minimum absolute atomic E-state index is 0.0908. The van der Waals surface area contributed by atoms with Crippen LogP contribution < -0.4 is 4.74 Å². The van der Waals surface area contributed by atoms with E-state index in [2.05, 4.69) is 15.9 Å². The van der Waals surface area contributed by atoms with E-state index in [0.29, 0.717) is 5.75 Å². The van der Waals surface area contributed by atoms with Crippen molar-refractivity contribution in [3.63, 3.8) is 0 Å². The van der Waals surface area contributed by atoms with Crippen LogP contribution in [0.1, 0.15) is 39.7 Å². The molecule has 2 amide bonds. The first-order valence-corrected chi connectivity index (χ1v) is 10.3. The molecule has 1 aromatic carbocycles. The molecule has 2 atom stereocenters. The number of esters is 1. The number of hydrogen-bond donors (Lipinski definition) is 0. The van der Waals surface area contributed by atoms with E-state index in [0.717, 1.165) is 33.1 Å². The van der Waals surface area contributed by atoms with Crippen molar-refractivity contribution in [3.8, 4) is 5.75 Å². The molecule has 0 aliphatic carbocycles. The van der Waals surface area contributed by atoms with Crippen LogP contribution in [0.2, 0.25) is 0 Å². The molecule has 8 heteroatoms. The number of thioether (sulfide) groups is 1. The standard InChI is InChI=1S/C19H22BrNO5S/c1-5-11(3)26-15-8-7-13(9-14(15)20)10-16-17(22)21(19(24)27-16)12(4)18(23)25-6-2/h7-12H,5-6H2,1-4H3/b16-10+/t11-,12+/m1/s1. The molecule has 0 N–H and O–H groups in total. The molecule has 1 saturated heterocycles. The van der Waals surface area contributed by atoms with E-state index in [1.54, 1.807) is 13.0 Å². The Morgan fingerprint density at radius 1 is 1.30 bits per heavy atom. The highest BCUT2D eigenvalue weighted by Gasteiger charge is 2.41. The maximum atomic E-state index is 12.6. The van der Waals surface area contributed by atoms with Gasteiger partial charge in [-0.3, -0.25) is 14.5 Å². The first kappa shape index (κ1) is 21.5. The molecule has 1 aliphatic heterocycles. The van der Waals surface area contributed by atoms with Crippen LogP contribution in [0.25, 0.3) is 6.08 Å². The van der Waals surface area contributed by atoms with Crippen molar-refractivity contribution in [2.75, 3.05) is 6.61 Å². The van der Waals surface area contributed by atoms with Gasteiger partial charge in [0.15, 0.2) is 0 Å². The fourth-order valence-corrected chi connectivity index (χ4v) is 3.73. The van der Waals surface area contributed by atoms with E-state index in [1.807, 2.05) is 32.0 Å². The SMILES string of the molecule is CCOC(=O)[C@H](C)N1C(=O)S/C(=C/c2ccc(O[C@H](C)CC)c(Br)c2)C1=O. The predicted molar refractivity (Wildman–Crippen MR) is 108 cm³/mol. The average Bonchev–Trinajstić information content (AvgIpc) is 2.90. The Kier molecular flexibility index (Phi) is 7.49. The Morgan fingerprint density at radius 3 is 2.59 bits per heavy atom. The smallest absolute Gasteiger partial charge is 0.329 e. The van der Waals surface area contributed by atoms with Crippen LogP contribution in [0.4, 0.5) is 4.79 Å². The minimum Gasteiger partial charge on any atom is -0.490 e. The number of carbonyl (C=O) groups excluding carboxylic acids is 3. The lowest BCUT2D eigenvalue weighted by Gasteiger charge is -2.19. The van der Waals surface area contributed by atoms with Gasteiger partial charge in [-0.1, -0.05) is 13.0 Å². The zero-order valence-electron chi connectivity index (χ0n) is 15.7. The molecule has 0 bridgehead atoms. The topological polar surface area (TPSA) is 72.9 Å². The molecule has 0 radical (unpaired) electrons. The summed E-state index contributed by atoms with van der Waals surface area (Å²) in [5, 5.41) is -0.484. The van der Waals surface area contributed by atoms with Gasteiger partial charge in [-0.15, -0.1) is 0 Å². The molecule has 0 spiro atoms. The van der Waals surface area contributed by atoms with E-state index in [1.165, 1.54) is 6.92 Å². The number of carbonyl (C=O) groups is 3. The number of benzene rings is 1. The van der Waals surface area contributed by atoms with Crippen molar-refractivity contribution in [2.45, 2.75) is 46.3 Å². The lowest BCUT2D eigenvalue weighted by atomic mass is 10.2. The highest BCUT2D eigenvalue weighted by atomic mass is 79.9. The van der Waals surface area contributed by atoms with Gasteiger partial charge in [-0.05, 0) is 78.7 Å². The zero-order chi connectivity index (χ0) is 20.1. The molecule has 6 nitrogen and oxygen atoms in total. The van der Waals surface area contributed by atoms with Gasteiger partial charge < -0.3 is 9.47 Å². The molecule has 0 saturated carbocycles. The number of rotatable bonds is 7. The van der Waals surface area contributed by atoms with Crippen LogP contribution in [0.5, 0.6) is 5.75 Å². The number of hydrogen-bond acceptors (Lipinski definition) is 6. The fourth-order valence-electron chi connectivity index (χ4n) is 2.34. The third kappa shape index (κ3) is 5.13. The van der Waals surface area contributed by atoms with Gasteiger partial charge in [0.1, 0.15) is 11.8 Å². The summed E-state index contributed by atoms with van der Waals surface area (Å²) < 4.78 is 11.5. The summed E-state index contributed by atoms with van der Waals surface area (Å²) in [6.07, 6.45) is 2.61. The third-order valence-electron chi connectivity index (χ3n) is 4.00. The van der Waals surface area contributed by atoms with Gasteiger partial charge in [-0.2, -0.15) is 0 Å². The molecular formula is C19H22BrNO5S. The molecule has 2 rings (SSSR count). The third-order valence-corrected chi connectivity index (χ3v) is 5.50. The van der Waals surface area contributed by atoms with Crippen LogP contribution in [0.15, 0.2) is 27.6 Å². The molecule has 0 aromatic heterocycles. The Hall–Kier alpha value is -1.80. The van der Waals surface area contributed by atoms with E-state index in [-0.39, 0.29) is 17.6 Å². The fraction of sp³-hybridized carbons (Fsp3) is 0.421. The van der Waals surface area contributed by atoms with E-state index in [9.17, 15) is 14.4 Å². The van der Waals surface area contributed by atoms with Gasteiger partial charge in [0, 0.05) is 0 Å². The lowest BCUT2D eigenvalue weighted by molar-refractivity contribution is -0.150. The first-order valence-electron chi connectivity index (χ1n) is 8.68. The minimum atomic E-state index is -0.957. The van der Waals surface area contributed by atoms with Crippen LogP contribution in [-0.2, 0) is 14.3 Å². The molecule has 146 valence electrons. The van der Waals surface area contributed by atoms with Gasteiger partial charge in [0.05, 0.1) is 22.1 Å². The lowest BCUT2D eigenvalue weighted by Crippen LogP contribution is -2.42. The van der Waals surface area contributed by atoms with Crippen molar-refractivity contribution in [1.29, 1.82) is 0 Å². The molecule has 1 aliphatic rings. The molecule has 27 heavy (non-hydrogen) atoms. The highest BCUT2D eigenvalue weighted by molar-refractivity contribution is 9.10. The molecular weight excluding hydrogens is 434 g/mol. The Balaban J connectivity index is 2.20. The monoisotopic (exact) mass is 455 g/mol. The number of amides is 2. The van der Waals surface area contributed by atoms with E-state index >= 15 is 0 Å². The number of halogens is 1. The second-order valence-electron chi connectivity index (χ2n) is 6.01. The quantitative estimate of drug-likeness (QED) is 0.441. The van der Waals surface area contributed by atoms with Crippen molar-refractivity contribution in [3.05, 3.63) is 33.1 Å². The Labute approximate surface area is 171 Å². The zero-order valence-corrected chi connectivity index (χ0v) is 18.1. The first-order chi connectivity index (χ1) is 12.8. The van der Waals surface area contributed by atoms with Gasteiger partial charge in [-0.25, -0.2) is 4.79 Å². The van der Waals surface area contributed by atoms with Crippen LogP contribution >= 0.6 is 27.7 Å². The van der Waals surface area contributed by atoms with E-state index < -0.39 is 23.2 Å². The van der Waals surface area contributed by atoms with Crippen LogP contribution in [0.3, 0.4) is 0 Å². The summed E-state index contributed by atoms with van der Waals surface area (Å²) >= 11 is 4.28. The van der Waals surface area contributed by atoms with Crippen molar-refractivity contribution in [2.24, 2.45) is 0 Å². The number of ether oxygens (including phenoxy) is 2. The second-order valence-corrected chi connectivity index (χ2v) is 7.85. The summed E-state index contributed by atoms with van der Waals surface area (Å²) in [7, 11) is 0. The molecule has 1 heterocycles. The molecule has 0 unspecified atom stereocenters. The van der Waals surface area contributed by atoms with E-state index in [4.69, 9.17) is 9.47 Å². The van der Waals surface area contributed by atoms with Crippen molar-refractivity contribution < 1.29 is 23.9 Å².